The Balaban J connectivity index is 1.10. The van der Waals surface area contributed by atoms with Gasteiger partial charge in [0.05, 0.1) is 60.2 Å². The minimum atomic E-state index is -0.726. The summed E-state index contributed by atoms with van der Waals surface area (Å²) in [5.41, 5.74) is 3.16. The number of imidazole rings is 1. The molecule has 16 nitrogen and oxygen atoms in total. The first kappa shape index (κ1) is 36.5. The number of halogens is 2. The van der Waals surface area contributed by atoms with Crippen LogP contribution in [0.4, 0.5) is 14.6 Å². The molecule has 10 rings (SSSR count). The summed E-state index contributed by atoms with van der Waals surface area (Å²) >= 11 is 0. The summed E-state index contributed by atoms with van der Waals surface area (Å²) in [6, 6.07) is 8.26. The van der Waals surface area contributed by atoms with Crippen LogP contribution in [0.3, 0.4) is 0 Å². The fraction of sp³-hybridized carbons (Fsp3) is 0.425. The third-order valence-electron chi connectivity index (χ3n) is 11.5. The molecule has 0 aliphatic carbocycles. The summed E-state index contributed by atoms with van der Waals surface area (Å²) in [6.07, 6.45) is 2.75. The van der Waals surface area contributed by atoms with Gasteiger partial charge in [-0.1, -0.05) is 0 Å². The number of benzene rings is 2. The number of morpholine rings is 1. The third kappa shape index (κ3) is 6.54. The Labute approximate surface area is 331 Å². The van der Waals surface area contributed by atoms with Crippen molar-refractivity contribution < 1.29 is 32.5 Å². The first-order chi connectivity index (χ1) is 28.2. The summed E-state index contributed by atoms with van der Waals surface area (Å²) in [6.45, 7) is 5.59. The van der Waals surface area contributed by atoms with Crippen LogP contribution in [0.5, 0.6) is 11.8 Å². The van der Waals surface area contributed by atoms with Gasteiger partial charge < -0.3 is 33.3 Å². The van der Waals surface area contributed by atoms with Gasteiger partial charge in [0.1, 0.15) is 59.3 Å². The smallest absolute Gasteiger partial charge is 0.317 e. The summed E-state index contributed by atoms with van der Waals surface area (Å²) in [4.78, 5) is 44.7. The first-order valence-corrected chi connectivity index (χ1v) is 19.4. The van der Waals surface area contributed by atoms with Crippen LogP contribution in [0.1, 0.15) is 18.1 Å². The quantitative estimate of drug-likeness (QED) is 0.253. The Hall–Kier alpha value is -5.85. The molecule has 2 saturated heterocycles. The van der Waals surface area contributed by atoms with Crippen LogP contribution < -0.4 is 14.4 Å². The summed E-state index contributed by atoms with van der Waals surface area (Å²) < 4.78 is 58.2. The Morgan fingerprint density at radius 2 is 1.81 bits per heavy atom. The predicted octanol–water partition coefficient (Wildman–Crippen LogP) is 3.36. The van der Waals surface area contributed by atoms with Gasteiger partial charge in [-0.2, -0.15) is 10.1 Å². The van der Waals surface area contributed by atoms with E-state index < -0.39 is 29.9 Å². The number of nitrogens with zero attached hydrogens (tertiary/aromatic N) is 11. The second kappa shape index (κ2) is 14.5. The zero-order valence-corrected chi connectivity index (χ0v) is 32.2. The van der Waals surface area contributed by atoms with E-state index in [0.717, 1.165) is 6.54 Å². The van der Waals surface area contributed by atoms with Crippen LogP contribution in [0, 0.1) is 18.6 Å². The highest BCUT2D eigenvalue weighted by molar-refractivity contribution is 5.93. The first-order valence-electron chi connectivity index (χ1n) is 19.4. The van der Waals surface area contributed by atoms with E-state index in [-0.39, 0.29) is 37.5 Å². The van der Waals surface area contributed by atoms with Crippen LogP contribution in [0.25, 0.3) is 39.0 Å². The van der Waals surface area contributed by atoms with E-state index in [4.69, 9.17) is 39.0 Å². The number of aromatic nitrogens is 8. The monoisotopic (exact) mass is 793 g/mol. The number of rotatable bonds is 2. The molecular formula is C40H41F2N11O5. The molecule has 0 saturated carbocycles. The van der Waals surface area contributed by atoms with Crippen molar-refractivity contribution in [3.63, 3.8) is 0 Å². The lowest BCUT2D eigenvalue weighted by Crippen LogP contribution is -2.47. The highest BCUT2D eigenvalue weighted by Gasteiger charge is 2.42. The van der Waals surface area contributed by atoms with Crippen molar-refractivity contribution in [1.29, 1.82) is 0 Å². The van der Waals surface area contributed by atoms with E-state index >= 15 is 4.39 Å². The number of likely N-dealkylation sites (N-methyl/N-ethyl adjacent to an activating group) is 1. The second-order valence-corrected chi connectivity index (χ2v) is 15.3. The SMILES string of the molecule is CO[C@H]1CN(C)C(=O)[C@@H]2C[C@@H](CN2c2nc3nc4c2cnn4-c2ccc(F)cc2OCCN2CCO[C@H](C3)C2)Oc2nccc(n2)-c2cc(F)cc3nc(C)n(c23)C1. The van der Waals surface area contributed by atoms with Gasteiger partial charge in [0.2, 0.25) is 5.91 Å². The Morgan fingerprint density at radius 1 is 0.931 bits per heavy atom. The molecule has 2 aromatic carbocycles. The van der Waals surface area contributed by atoms with Crippen LogP contribution in [-0.2, 0) is 27.2 Å². The average Bonchev–Trinajstić information content (AvgIpc) is 3.91. The van der Waals surface area contributed by atoms with Gasteiger partial charge in [0.25, 0.3) is 0 Å². The van der Waals surface area contributed by atoms with Crippen molar-refractivity contribution in [3.05, 3.63) is 72.1 Å². The van der Waals surface area contributed by atoms with Crippen LogP contribution in [0.15, 0.2) is 48.8 Å². The lowest BCUT2D eigenvalue weighted by atomic mass is 10.1. The molecule has 4 aromatic heterocycles. The van der Waals surface area contributed by atoms with Crippen molar-refractivity contribution in [2.75, 3.05) is 65.0 Å². The van der Waals surface area contributed by atoms with Crippen LogP contribution in [0.2, 0.25) is 0 Å². The molecule has 4 aliphatic rings. The lowest BCUT2D eigenvalue weighted by molar-refractivity contribution is -0.133. The number of carbonyl (C=O) groups excluding carboxylic acids is 1. The van der Waals surface area contributed by atoms with Crippen molar-refractivity contribution in [2.24, 2.45) is 0 Å². The van der Waals surface area contributed by atoms with E-state index in [9.17, 15) is 9.18 Å². The van der Waals surface area contributed by atoms with Gasteiger partial charge in [-0.3, -0.25) is 9.69 Å². The van der Waals surface area contributed by atoms with Crippen molar-refractivity contribution in [3.8, 4) is 28.7 Å². The molecule has 0 N–H and O–H groups in total. The largest absolute Gasteiger partial charge is 0.490 e. The molecule has 1 amide bonds. The van der Waals surface area contributed by atoms with Crippen molar-refractivity contribution in [2.45, 2.75) is 50.7 Å². The predicted molar refractivity (Wildman–Crippen MR) is 206 cm³/mol. The molecule has 8 heterocycles. The van der Waals surface area contributed by atoms with Gasteiger partial charge in [-0.05, 0) is 31.2 Å². The van der Waals surface area contributed by atoms with Gasteiger partial charge >= 0.3 is 6.01 Å². The highest BCUT2D eigenvalue weighted by Crippen LogP contribution is 2.36. The minimum Gasteiger partial charge on any atom is -0.490 e. The lowest BCUT2D eigenvalue weighted by Gasteiger charge is -2.33. The van der Waals surface area contributed by atoms with Crippen molar-refractivity contribution in [1.82, 2.24) is 49.1 Å². The molecule has 1 unspecified atom stereocenters. The zero-order chi connectivity index (χ0) is 39.7. The summed E-state index contributed by atoms with van der Waals surface area (Å²) in [5.74, 6) is 0.951. The standard InChI is InChI=1S/C40H41F2N11O5/c1-22-45-31-13-24(42)12-28-30-6-7-43-40(46-30)58-26-15-33(39(54)49(2)18-27(55-3)21-51(22)36(28)31)52(20-26)37-29-17-44-53-32-5-4-23(41)14-34(32)57-11-9-50-8-10-56-25(19-50)16-35(47-37)48-38(29)53/h4-7,12-14,17,25-27,33H,8-11,15-16,18-21H2,1-3H3/t25-,26+,27+,33+/m1/s1. The maximum absolute atomic E-state index is 15.1. The molecule has 8 bridgehead atoms. The molecule has 4 aliphatic heterocycles. The maximum Gasteiger partial charge on any atom is 0.317 e. The molecule has 58 heavy (non-hydrogen) atoms. The number of aryl methyl sites for hydroxylation is 1. The Kier molecular flexibility index (Phi) is 9.13. The summed E-state index contributed by atoms with van der Waals surface area (Å²) in [5, 5.41) is 5.33. The molecular weight excluding hydrogens is 753 g/mol. The number of hydrogen-bond acceptors (Lipinski definition) is 13. The number of methoxy groups -OCH3 is 1. The average molecular weight is 794 g/mol. The second-order valence-electron chi connectivity index (χ2n) is 15.3. The molecule has 300 valence electrons. The number of amides is 1. The molecule has 18 heteroatoms. The van der Waals surface area contributed by atoms with E-state index in [1.165, 1.54) is 24.3 Å². The van der Waals surface area contributed by atoms with Crippen molar-refractivity contribution >= 4 is 33.8 Å². The van der Waals surface area contributed by atoms with E-state index in [1.54, 1.807) is 48.3 Å². The fourth-order valence-corrected chi connectivity index (χ4v) is 8.67. The van der Waals surface area contributed by atoms with Gasteiger partial charge in [0.15, 0.2) is 5.65 Å². The zero-order valence-electron chi connectivity index (χ0n) is 32.2. The summed E-state index contributed by atoms with van der Waals surface area (Å²) in [7, 11) is 3.37. The fourth-order valence-electron chi connectivity index (χ4n) is 8.67. The highest BCUT2D eigenvalue weighted by atomic mass is 19.1. The number of hydrogen-bond donors (Lipinski definition) is 0. The number of ether oxygens (including phenoxy) is 4. The normalized spacial score (nSPS) is 23.7. The Bertz CT molecular complexity index is 2570. The van der Waals surface area contributed by atoms with E-state index in [1.807, 2.05) is 16.4 Å². The minimum absolute atomic E-state index is 0.0865. The molecule has 0 spiro atoms. The number of anilines is 1. The van der Waals surface area contributed by atoms with E-state index in [0.29, 0.717) is 101 Å². The van der Waals surface area contributed by atoms with Crippen LogP contribution in [-0.4, -0.2) is 139 Å². The molecule has 0 radical (unpaired) electrons. The molecule has 2 fully saturated rings. The number of fused-ring (bicyclic) bond motifs is 10. The van der Waals surface area contributed by atoms with Gasteiger partial charge in [0, 0.05) is 77.1 Å². The van der Waals surface area contributed by atoms with Gasteiger partial charge in [-0.25, -0.2) is 33.4 Å². The third-order valence-corrected chi connectivity index (χ3v) is 11.5. The topological polar surface area (TPSA) is 151 Å². The number of carbonyl (C=O) groups is 1. The van der Waals surface area contributed by atoms with Gasteiger partial charge in [-0.15, -0.1) is 0 Å². The Morgan fingerprint density at radius 3 is 2.69 bits per heavy atom. The molecule has 5 atom stereocenters. The molecule has 6 aromatic rings. The van der Waals surface area contributed by atoms with Crippen LogP contribution >= 0.6 is 0 Å². The maximum atomic E-state index is 15.1. The van der Waals surface area contributed by atoms with E-state index in [2.05, 4.69) is 14.9 Å².